The first kappa shape index (κ1) is 11.1. The molecule has 2 atom stereocenters. The normalized spacial score (nSPS) is 15.1. The van der Waals surface area contributed by atoms with Gasteiger partial charge in [0.15, 0.2) is 0 Å². The van der Waals surface area contributed by atoms with Crippen molar-refractivity contribution < 1.29 is 5.11 Å². The Hall–Kier alpha value is -0.930. The Morgan fingerprint density at radius 1 is 1.50 bits per heavy atom. The molecule has 14 heavy (non-hydrogen) atoms. The molecule has 0 amide bonds. The molecule has 0 spiro atoms. The molecule has 0 saturated carbocycles. The molecule has 0 aliphatic heterocycles. The smallest absolute Gasteiger partial charge is 0.0582 e. The molecule has 1 unspecified atom stereocenters. The maximum absolute atomic E-state index is 8.92. The van der Waals surface area contributed by atoms with Crippen molar-refractivity contribution in [2.45, 2.75) is 32.9 Å². The Balaban J connectivity index is 2.69. The molecule has 1 rings (SSSR count). The molecule has 2 N–H and O–H groups in total. The van der Waals surface area contributed by atoms with Gasteiger partial charge in [0.05, 0.1) is 6.61 Å². The average molecular weight is 194 g/mol. The summed E-state index contributed by atoms with van der Waals surface area (Å²) in [6.45, 7) is 6.26. The Bertz CT molecular complexity index is 288. The number of hydrogen-bond acceptors (Lipinski definition) is 3. The molecule has 1 heterocycles. The van der Waals surface area contributed by atoms with Crippen molar-refractivity contribution in [3.05, 3.63) is 29.6 Å². The second kappa shape index (κ2) is 5.08. The van der Waals surface area contributed by atoms with Crippen LogP contribution in [0.25, 0.3) is 0 Å². The highest BCUT2D eigenvalue weighted by atomic mass is 16.3. The van der Waals surface area contributed by atoms with Crippen molar-refractivity contribution in [3.63, 3.8) is 0 Å². The third-order valence-corrected chi connectivity index (χ3v) is 2.35. The first-order valence-electron chi connectivity index (χ1n) is 4.92. The first-order chi connectivity index (χ1) is 6.65. The van der Waals surface area contributed by atoms with Crippen molar-refractivity contribution in [3.8, 4) is 0 Å². The Morgan fingerprint density at radius 2 is 2.21 bits per heavy atom. The minimum Gasteiger partial charge on any atom is -0.395 e. The van der Waals surface area contributed by atoms with Crippen LogP contribution >= 0.6 is 0 Å². The highest BCUT2D eigenvalue weighted by Gasteiger charge is 2.10. The van der Waals surface area contributed by atoms with Crippen LogP contribution in [0.3, 0.4) is 0 Å². The molecule has 3 heteroatoms. The molecule has 0 aliphatic rings. The van der Waals surface area contributed by atoms with Gasteiger partial charge in [-0.15, -0.1) is 0 Å². The van der Waals surface area contributed by atoms with Gasteiger partial charge in [-0.2, -0.15) is 0 Å². The summed E-state index contributed by atoms with van der Waals surface area (Å²) in [5, 5.41) is 12.2. The Kier molecular flexibility index (Phi) is 4.04. The van der Waals surface area contributed by atoms with Crippen LogP contribution in [0.15, 0.2) is 18.5 Å². The number of rotatable bonds is 4. The van der Waals surface area contributed by atoms with Crippen LogP contribution < -0.4 is 5.32 Å². The second-order valence-electron chi connectivity index (χ2n) is 3.70. The van der Waals surface area contributed by atoms with Crippen molar-refractivity contribution in [2.24, 2.45) is 0 Å². The van der Waals surface area contributed by atoms with E-state index in [4.69, 9.17) is 5.11 Å². The maximum atomic E-state index is 8.92. The highest BCUT2D eigenvalue weighted by molar-refractivity contribution is 5.24. The van der Waals surface area contributed by atoms with Crippen LogP contribution in [0, 0.1) is 6.92 Å². The molecule has 0 radical (unpaired) electrons. The van der Waals surface area contributed by atoms with E-state index in [0.29, 0.717) is 0 Å². The van der Waals surface area contributed by atoms with Crippen LogP contribution in [0.2, 0.25) is 0 Å². The van der Waals surface area contributed by atoms with Gasteiger partial charge in [0.1, 0.15) is 0 Å². The van der Waals surface area contributed by atoms with Crippen molar-refractivity contribution in [2.75, 3.05) is 6.61 Å². The lowest BCUT2D eigenvalue weighted by molar-refractivity contribution is 0.243. The van der Waals surface area contributed by atoms with Gasteiger partial charge < -0.3 is 10.4 Å². The van der Waals surface area contributed by atoms with E-state index in [1.807, 2.05) is 19.2 Å². The molecule has 1 aromatic rings. The minimum atomic E-state index is 0.115. The summed E-state index contributed by atoms with van der Waals surface area (Å²) in [5.74, 6) is 0. The topological polar surface area (TPSA) is 45.2 Å². The molecule has 78 valence electrons. The number of aromatic nitrogens is 1. The van der Waals surface area contributed by atoms with Gasteiger partial charge in [-0.25, -0.2) is 0 Å². The highest BCUT2D eigenvalue weighted by Crippen LogP contribution is 2.15. The summed E-state index contributed by atoms with van der Waals surface area (Å²) in [4.78, 5) is 4.10. The lowest BCUT2D eigenvalue weighted by atomic mass is 10.1. The largest absolute Gasteiger partial charge is 0.395 e. The third kappa shape index (κ3) is 2.79. The number of pyridine rings is 1. The van der Waals surface area contributed by atoms with E-state index in [9.17, 15) is 0 Å². The standard InChI is InChI=1S/C11H18N2O/c1-8-4-5-12-6-11(8)10(3)13-9(2)7-14/h4-6,9-10,13-14H,7H2,1-3H3/t9-,10?/m1/s1. The summed E-state index contributed by atoms with van der Waals surface area (Å²) in [7, 11) is 0. The second-order valence-corrected chi connectivity index (χ2v) is 3.70. The van der Waals surface area contributed by atoms with Crippen LogP contribution in [0.1, 0.15) is 31.0 Å². The van der Waals surface area contributed by atoms with E-state index >= 15 is 0 Å². The maximum Gasteiger partial charge on any atom is 0.0582 e. The van der Waals surface area contributed by atoms with Gasteiger partial charge in [0, 0.05) is 24.5 Å². The van der Waals surface area contributed by atoms with Crippen LogP contribution in [-0.2, 0) is 0 Å². The van der Waals surface area contributed by atoms with Crippen LogP contribution in [0.5, 0.6) is 0 Å². The van der Waals surface area contributed by atoms with Crippen LogP contribution in [-0.4, -0.2) is 22.7 Å². The predicted octanol–water partition coefficient (Wildman–Crippen LogP) is 1.42. The quantitative estimate of drug-likeness (QED) is 0.762. The molecular formula is C11H18N2O. The van der Waals surface area contributed by atoms with E-state index in [2.05, 4.69) is 24.1 Å². The summed E-state index contributed by atoms with van der Waals surface area (Å²) in [6.07, 6.45) is 3.66. The number of nitrogens with one attached hydrogen (secondary N) is 1. The fourth-order valence-corrected chi connectivity index (χ4v) is 1.50. The SMILES string of the molecule is Cc1ccncc1C(C)N[C@H](C)CO. The molecule has 1 aromatic heterocycles. The Labute approximate surface area is 85.2 Å². The molecule has 3 nitrogen and oxygen atoms in total. The zero-order chi connectivity index (χ0) is 10.6. The fourth-order valence-electron chi connectivity index (χ4n) is 1.50. The number of aliphatic hydroxyl groups excluding tert-OH is 1. The van der Waals surface area contributed by atoms with Crippen LogP contribution in [0.4, 0.5) is 0 Å². The Morgan fingerprint density at radius 3 is 2.79 bits per heavy atom. The minimum absolute atomic E-state index is 0.115. The average Bonchev–Trinajstić information content (AvgIpc) is 2.18. The molecular weight excluding hydrogens is 176 g/mol. The zero-order valence-electron chi connectivity index (χ0n) is 8.99. The van der Waals surface area contributed by atoms with Crippen molar-refractivity contribution >= 4 is 0 Å². The van der Waals surface area contributed by atoms with Crippen molar-refractivity contribution in [1.29, 1.82) is 0 Å². The van der Waals surface area contributed by atoms with Gasteiger partial charge in [0.25, 0.3) is 0 Å². The van der Waals surface area contributed by atoms with Gasteiger partial charge in [-0.1, -0.05) is 0 Å². The number of nitrogens with zero attached hydrogens (tertiary/aromatic N) is 1. The summed E-state index contributed by atoms with van der Waals surface area (Å²) in [5.41, 5.74) is 2.41. The summed E-state index contributed by atoms with van der Waals surface area (Å²) >= 11 is 0. The molecule has 0 fully saturated rings. The number of aryl methyl sites for hydroxylation is 1. The van der Waals surface area contributed by atoms with E-state index in [1.165, 1.54) is 11.1 Å². The van der Waals surface area contributed by atoms with E-state index in [-0.39, 0.29) is 18.7 Å². The lowest BCUT2D eigenvalue weighted by Crippen LogP contribution is -2.32. The summed E-state index contributed by atoms with van der Waals surface area (Å²) < 4.78 is 0. The van der Waals surface area contributed by atoms with E-state index in [0.717, 1.165) is 0 Å². The van der Waals surface area contributed by atoms with Gasteiger partial charge in [-0.3, -0.25) is 4.98 Å². The van der Waals surface area contributed by atoms with E-state index in [1.54, 1.807) is 6.20 Å². The number of hydrogen-bond donors (Lipinski definition) is 2. The zero-order valence-corrected chi connectivity index (χ0v) is 8.99. The first-order valence-corrected chi connectivity index (χ1v) is 4.92. The fraction of sp³-hybridized carbons (Fsp3) is 0.545. The molecule has 0 saturated heterocycles. The van der Waals surface area contributed by atoms with Gasteiger partial charge >= 0.3 is 0 Å². The van der Waals surface area contributed by atoms with Gasteiger partial charge in [0.2, 0.25) is 0 Å². The summed E-state index contributed by atoms with van der Waals surface area (Å²) in [6, 6.07) is 2.34. The third-order valence-electron chi connectivity index (χ3n) is 2.35. The number of aliphatic hydroxyl groups is 1. The molecule has 0 bridgehead atoms. The monoisotopic (exact) mass is 194 g/mol. The lowest BCUT2D eigenvalue weighted by Gasteiger charge is -2.19. The van der Waals surface area contributed by atoms with Crippen molar-refractivity contribution in [1.82, 2.24) is 10.3 Å². The molecule has 0 aromatic carbocycles. The molecule has 0 aliphatic carbocycles. The van der Waals surface area contributed by atoms with E-state index < -0.39 is 0 Å². The van der Waals surface area contributed by atoms with Gasteiger partial charge in [-0.05, 0) is 38.0 Å². The predicted molar refractivity (Wildman–Crippen MR) is 57.1 cm³/mol.